The van der Waals surface area contributed by atoms with E-state index in [1.165, 1.54) is 0 Å². The summed E-state index contributed by atoms with van der Waals surface area (Å²) in [6.07, 6.45) is 0. The smallest absolute Gasteiger partial charge is 0.152 e. The van der Waals surface area contributed by atoms with Crippen molar-refractivity contribution in [1.29, 1.82) is 0 Å². The Morgan fingerprint density at radius 2 is 1.80 bits per heavy atom. The molecule has 0 spiro atoms. The first-order valence-electron chi connectivity index (χ1n) is 2.99. The van der Waals surface area contributed by atoms with Gasteiger partial charge in [-0.15, -0.1) is 12.2 Å². The predicted octanol–water partition coefficient (Wildman–Crippen LogP) is 0.155. The third kappa shape index (κ3) is 2.38. The van der Waals surface area contributed by atoms with E-state index in [1.54, 1.807) is 0 Å². The first-order valence-corrected chi connectivity index (χ1v) is 7.05. The Bertz CT molecular complexity index is 189. The van der Waals surface area contributed by atoms with Crippen LogP contribution in [0.5, 0.6) is 0 Å². The van der Waals surface area contributed by atoms with Crippen molar-refractivity contribution in [3.63, 3.8) is 0 Å². The summed E-state index contributed by atoms with van der Waals surface area (Å²) in [6.45, 7) is 1.31. The second kappa shape index (κ2) is 3.39. The zero-order chi connectivity index (χ0) is 7.61. The fourth-order valence-electron chi connectivity index (χ4n) is 0.812. The molecule has 1 heterocycles. The maximum absolute atomic E-state index is 10.9. The van der Waals surface area contributed by atoms with Gasteiger partial charge >= 0.3 is 0 Å². The molecule has 0 saturated carbocycles. The minimum absolute atomic E-state index is 0.306. The van der Waals surface area contributed by atoms with E-state index in [1.807, 2.05) is 4.67 Å². The van der Waals surface area contributed by atoms with E-state index < -0.39 is 9.84 Å². The van der Waals surface area contributed by atoms with Crippen molar-refractivity contribution in [1.82, 2.24) is 4.67 Å². The zero-order valence-corrected chi connectivity index (χ0v) is 8.16. The molecule has 1 fully saturated rings. The number of sulfone groups is 1. The normalized spacial score (nSPS) is 27.7. The van der Waals surface area contributed by atoms with Gasteiger partial charge in [0.1, 0.15) is 0 Å². The highest BCUT2D eigenvalue weighted by Crippen LogP contribution is 2.23. The largest absolute Gasteiger partial charge is 0.274 e. The SMILES string of the molecule is O=S1(=O)CCN(PS)CC1. The lowest BCUT2D eigenvalue weighted by Crippen LogP contribution is -2.34. The second-order valence-corrected chi connectivity index (χ2v) is 5.97. The Hall–Kier alpha value is 0.690. The quantitative estimate of drug-likeness (QED) is 0.482. The highest BCUT2D eigenvalue weighted by molar-refractivity contribution is 8.37. The number of rotatable bonds is 1. The standard InChI is InChI=1S/C4H10NO2PS2/c6-10(7)3-1-5(8-9)2-4-10/h8-9H,1-4H2. The third-order valence-corrected chi connectivity index (χ3v) is 4.67. The number of hydrogen-bond donors (Lipinski definition) is 1. The van der Waals surface area contributed by atoms with Crippen LogP contribution in [0, 0.1) is 0 Å². The Balaban J connectivity index is 2.46. The van der Waals surface area contributed by atoms with Crippen LogP contribution in [0.25, 0.3) is 0 Å². The van der Waals surface area contributed by atoms with E-state index in [2.05, 4.69) is 12.2 Å². The van der Waals surface area contributed by atoms with Crippen LogP contribution in [-0.2, 0) is 9.84 Å². The van der Waals surface area contributed by atoms with Gasteiger partial charge in [-0.05, 0) is 0 Å². The maximum Gasteiger partial charge on any atom is 0.152 e. The molecular weight excluding hydrogens is 189 g/mol. The summed E-state index contributed by atoms with van der Waals surface area (Å²) < 4.78 is 23.8. The van der Waals surface area contributed by atoms with Gasteiger partial charge in [-0.25, -0.2) is 8.42 Å². The lowest BCUT2D eigenvalue weighted by Gasteiger charge is -2.23. The van der Waals surface area contributed by atoms with E-state index in [0.29, 0.717) is 32.5 Å². The van der Waals surface area contributed by atoms with Crippen molar-refractivity contribution in [2.45, 2.75) is 0 Å². The summed E-state index contributed by atoms with van der Waals surface area (Å²) in [7, 11) is -2.25. The van der Waals surface area contributed by atoms with Crippen LogP contribution in [-0.4, -0.2) is 37.7 Å². The highest BCUT2D eigenvalue weighted by Gasteiger charge is 2.20. The van der Waals surface area contributed by atoms with Crippen LogP contribution in [0.3, 0.4) is 0 Å². The van der Waals surface area contributed by atoms with Crippen LogP contribution < -0.4 is 0 Å². The monoisotopic (exact) mass is 199 g/mol. The fraction of sp³-hybridized carbons (Fsp3) is 1.00. The molecule has 60 valence electrons. The molecule has 0 N–H and O–H groups in total. The van der Waals surface area contributed by atoms with Gasteiger partial charge in [0.15, 0.2) is 9.84 Å². The van der Waals surface area contributed by atoms with Crippen LogP contribution in [0.2, 0.25) is 0 Å². The van der Waals surface area contributed by atoms with Crippen LogP contribution in [0.4, 0.5) is 0 Å². The van der Waals surface area contributed by atoms with Gasteiger partial charge in [0.2, 0.25) is 0 Å². The number of thiol groups is 1. The van der Waals surface area contributed by atoms with E-state index in [0.717, 1.165) is 0 Å². The number of nitrogens with zero attached hydrogens (tertiary/aromatic N) is 1. The van der Waals surface area contributed by atoms with Crippen molar-refractivity contribution >= 4 is 30.0 Å². The van der Waals surface area contributed by atoms with Crippen LogP contribution >= 0.6 is 20.2 Å². The average molecular weight is 199 g/mol. The molecule has 0 bridgehead atoms. The van der Waals surface area contributed by atoms with E-state index in [-0.39, 0.29) is 0 Å². The van der Waals surface area contributed by atoms with Gasteiger partial charge in [0.25, 0.3) is 0 Å². The van der Waals surface area contributed by atoms with Gasteiger partial charge in [-0.2, -0.15) is 0 Å². The van der Waals surface area contributed by atoms with E-state index in [9.17, 15) is 8.42 Å². The summed E-state index contributed by atoms with van der Waals surface area (Å²) in [5.41, 5.74) is 0. The lowest BCUT2D eigenvalue weighted by atomic mass is 10.6. The molecule has 1 atom stereocenters. The number of hydrogen-bond acceptors (Lipinski definition) is 4. The van der Waals surface area contributed by atoms with Crippen molar-refractivity contribution in [3.8, 4) is 0 Å². The Morgan fingerprint density at radius 1 is 1.30 bits per heavy atom. The summed E-state index contributed by atoms with van der Waals surface area (Å²) in [5, 5.41) is 0. The minimum Gasteiger partial charge on any atom is -0.274 e. The molecule has 10 heavy (non-hydrogen) atoms. The van der Waals surface area contributed by atoms with Crippen LogP contribution in [0.1, 0.15) is 0 Å². The molecule has 1 saturated heterocycles. The molecule has 0 aliphatic carbocycles. The Labute approximate surface area is 68.1 Å². The van der Waals surface area contributed by atoms with E-state index >= 15 is 0 Å². The molecule has 1 rings (SSSR count). The molecule has 3 nitrogen and oxygen atoms in total. The van der Waals surface area contributed by atoms with Crippen molar-refractivity contribution in [3.05, 3.63) is 0 Å². The topological polar surface area (TPSA) is 37.4 Å². The summed E-state index contributed by atoms with van der Waals surface area (Å²) in [4.78, 5) is 0. The third-order valence-electron chi connectivity index (χ3n) is 1.49. The van der Waals surface area contributed by atoms with Gasteiger partial charge in [0.05, 0.1) is 11.5 Å². The molecule has 0 aromatic heterocycles. The molecule has 6 heteroatoms. The first kappa shape index (κ1) is 8.78. The summed E-state index contributed by atoms with van der Waals surface area (Å²) >= 11 is 4.08. The van der Waals surface area contributed by atoms with Gasteiger partial charge in [-0.3, -0.25) is 4.67 Å². The summed E-state index contributed by atoms with van der Waals surface area (Å²) in [6, 6.07) is 0. The Kier molecular flexibility index (Phi) is 2.98. The summed E-state index contributed by atoms with van der Waals surface area (Å²) in [5.74, 6) is 0.612. The first-order chi connectivity index (χ1) is 4.64. The van der Waals surface area contributed by atoms with Crippen molar-refractivity contribution in [2.24, 2.45) is 0 Å². The molecule has 0 aromatic carbocycles. The molecule has 1 unspecified atom stereocenters. The molecule has 0 aromatic rings. The lowest BCUT2D eigenvalue weighted by molar-refractivity contribution is 0.487. The van der Waals surface area contributed by atoms with Gasteiger partial charge in [-0.1, -0.05) is 0 Å². The molecular formula is C4H10NO2PS2. The molecule has 0 radical (unpaired) electrons. The van der Waals surface area contributed by atoms with E-state index in [4.69, 9.17) is 0 Å². The highest BCUT2D eigenvalue weighted by atomic mass is 32.7. The second-order valence-electron chi connectivity index (χ2n) is 2.24. The molecule has 1 aliphatic heterocycles. The van der Waals surface area contributed by atoms with Crippen LogP contribution in [0.15, 0.2) is 0 Å². The zero-order valence-electron chi connectivity index (χ0n) is 5.45. The fourth-order valence-corrected chi connectivity index (χ4v) is 3.36. The molecule has 1 aliphatic rings. The van der Waals surface area contributed by atoms with Crippen molar-refractivity contribution < 1.29 is 8.42 Å². The van der Waals surface area contributed by atoms with Crippen molar-refractivity contribution in [2.75, 3.05) is 24.6 Å². The van der Waals surface area contributed by atoms with Gasteiger partial charge in [0, 0.05) is 21.0 Å². The predicted molar refractivity (Wildman–Crippen MR) is 47.5 cm³/mol. The minimum atomic E-state index is -2.70. The van der Waals surface area contributed by atoms with Gasteiger partial charge < -0.3 is 0 Å². The average Bonchev–Trinajstić information content (AvgIpc) is 1.88. The molecule has 0 amide bonds. The Morgan fingerprint density at radius 3 is 2.20 bits per heavy atom. The maximum atomic E-state index is 10.9.